The predicted octanol–water partition coefficient (Wildman–Crippen LogP) is 11.7. The van der Waals surface area contributed by atoms with E-state index in [2.05, 4.69) is 50.1 Å². The van der Waals surface area contributed by atoms with Crippen molar-refractivity contribution in [1.82, 2.24) is 4.90 Å². The first-order chi connectivity index (χ1) is 20.2. The molecule has 240 valence electrons. The molecule has 2 aliphatic heterocycles. The molecule has 3 nitrogen and oxygen atoms in total. The lowest BCUT2D eigenvalue weighted by atomic mass is 9.98. The second-order valence-electron chi connectivity index (χ2n) is 13.4. The zero-order valence-corrected chi connectivity index (χ0v) is 28.0. The van der Waals surface area contributed by atoms with E-state index in [4.69, 9.17) is 9.47 Å². The average Bonchev–Trinajstić information content (AvgIpc) is 3.47. The van der Waals surface area contributed by atoms with Gasteiger partial charge in [-0.2, -0.15) is 0 Å². The molecule has 0 radical (unpaired) electrons. The van der Waals surface area contributed by atoms with E-state index in [0.717, 1.165) is 25.9 Å². The van der Waals surface area contributed by atoms with Crippen LogP contribution in [-0.4, -0.2) is 43.0 Å². The Bertz CT molecular complexity index is 590. The van der Waals surface area contributed by atoms with Crippen molar-refractivity contribution < 1.29 is 9.47 Å². The first-order valence-corrected chi connectivity index (χ1v) is 18.5. The number of nitrogens with zero attached hydrogens (tertiary/aromatic N) is 1. The summed E-state index contributed by atoms with van der Waals surface area (Å²) in [5, 5.41) is 0. The van der Waals surface area contributed by atoms with Crippen LogP contribution < -0.4 is 0 Å². The van der Waals surface area contributed by atoms with Gasteiger partial charge >= 0.3 is 0 Å². The molecule has 2 fully saturated rings. The average molecular weight is 574 g/mol. The van der Waals surface area contributed by atoms with Crippen LogP contribution in [0.3, 0.4) is 0 Å². The fourth-order valence-electron chi connectivity index (χ4n) is 6.67. The molecule has 0 aromatic rings. The zero-order chi connectivity index (χ0) is 29.3. The maximum Gasteiger partial charge on any atom is 0.169 e. The summed E-state index contributed by atoms with van der Waals surface area (Å²) in [7, 11) is 2.19. The second kappa shape index (κ2) is 24.8. The van der Waals surface area contributed by atoms with Crippen molar-refractivity contribution in [2.75, 3.05) is 20.1 Å². The van der Waals surface area contributed by atoms with Crippen LogP contribution in [0.4, 0.5) is 0 Å². The van der Waals surface area contributed by atoms with Gasteiger partial charge in [0.25, 0.3) is 0 Å². The molecule has 2 saturated heterocycles. The lowest BCUT2D eigenvalue weighted by molar-refractivity contribution is -0.193. The minimum Gasteiger partial charge on any atom is -0.343 e. The van der Waals surface area contributed by atoms with Crippen molar-refractivity contribution in [2.45, 2.75) is 199 Å². The van der Waals surface area contributed by atoms with Gasteiger partial charge in [-0.05, 0) is 71.3 Å². The Balaban J connectivity index is 1.51. The molecule has 2 aliphatic rings. The predicted molar refractivity (Wildman–Crippen MR) is 180 cm³/mol. The number of unbranched alkanes of at least 4 members (excludes halogenated alkanes) is 20. The van der Waals surface area contributed by atoms with E-state index in [1.165, 1.54) is 154 Å². The summed E-state index contributed by atoms with van der Waals surface area (Å²) in [5.74, 6) is -0.291. The molecular weight excluding hydrogens is 502 g/mol. The Hall–Kier alpha value is -0.640. The summed E-state index contributed by atoms with van der Waals surface area (Å²) in [5.41, 5.74) is 0. The first kappa shape index (κ1) is 36.6. The van der Waals surface area contributed by atoms with Gasteiger partial charge in [0.2, 0.25) is 0 Å². The van der Waals surface area contributed by atoms with Crippen molar-refractivity contribution in [3.8, 4) is 0 Å². The minimum atomic E-state index is -0.291. The highest BCUT2D eigenvalue weighted by Gasteiger charge is 2.49. The van der Waals surface area contributed by atoms with E-state index in [1.54, 1.807) is 0 Å². The standard InChI is InChI=1S/C38H71NO2/c1-4-6-8-10-12-14-16-18-20-22-24-26-28-30-32-38(40-36-34-39(3)35-37(36)41-38)33-31-29-27-25-23-21-19-17-15-13-11-9-7-5-2/h14-17,36-37H,4-13,18-35H2,1-3H3/b16-14-,17-15-/t36-,37+. The van der Waals surface area contributed by atoms with Crippen molar-refractivity contribution in [2.24, 2.45) is 0 Å². The zero-order valence-electron chi connectivity index (χ0n) is 28.0. The van der Waals surface area contributed by atoms with Gasteiger partial charge in [0.15, 0.2) is 5.79 Å². The molecule has 0 N–H and O–H groups in total. The van der Waals surface area contributed by atoms with Crippen LogP contribution in [0.15, 0.2) is 24.3 Å². The van der Waals surface area contributed by atoms with E-state index in [-0.39, 0.29) is 5.79 Å². The highest BCUT2D eigenvalue weighted by molar-refractivity contribution is 4.93. The number of hydrogen-bond acceptors (Lipinski definition) is 3. The summed E-state index contributed by atoms with van der Waals surface area (Å²) in [6, 6.07) is 0. The van der Waals surface area contributed by atoms with Gasteiger partial charge in [0.1, 0.15) is 12.2 Å². The van der Waals surface area contributed by atoms with Gasteiger partial charge < -0.3 is 14.4 Å². The van der Waals surface area contributed by atoms with Gasteiger partial charge in [-0.25, -0.2) is 0 Å². The lowest BCUT2D eigenvalue weighted by Crippen LogP contribution is -2.34. The molecule has 2 heterocycles. The van der Waals surface area contributed by atoms with Gasteiger partial charge in [-0.15, -0.1) is 0 Å². The number of likely N-dealkylation sites (N-methyl/N-ethyl adjacent to an activating group) is 1. The fourth-order valence-corrected chi connectivity index (χ4v) is 6.67. The van der Waals surface area contributed by atoms with E-state index in [9.17, 15) is 0 Å². The molecule has 0 bridgehead atoms. The molecule has 0 spiro atoms. The van der Waals surface area contributed by atoms with Gasteiger partial charge in [-0.3, -0.25) is 0 Å². The molecule has 41 heavy (non-hydrogen) atoms. The van der Waals surface area contributed by atoms with E-state index in [0.29, 0.717) is 12.2 Å². The van der Waals surface area contributed by atoms with Crippen molar-refractivity contribution in [1.29, 1.82) is 0 Å². The van der Waals surface area contributed by atoms with Crippen molar-refractivity contribution >= 4 is 0 Å². The van der Waals surface area contributed by atoms with Crippen LogP contribution in [0.1, 0.15) is 181 Å². The Morgan fingerprint density at radius 2 is 0.805 bits per heavy atom. The number of allylic oxidation sites excluding steroid dienone is 4. The van der Waals surface area contributed by atoms with Crippen LogP contribution in [0, 0.1) is 0 Å². The van der Waals surface area contributed by atoms with Crippen molar-refractivity contribution in [3.05, 3.63) is 24.3 Å². The third-order valence-corrected chi connectivity index (χ3v) is 9.27. The summed E-state index contributed by atoms with van der Waals surface area (Å²) >= 11 is 0. The number of fused-ring (bicyclic) bond motifs is 1. The SMILES string of the molecule is CCCCCC/C=C\CCCCCCCCC1(CCCCCCCC/C=C\CCCCCC)O[C@H]2CN(C)C[C@H]2O1. The first-order valence-electron chi connectivity index (χ1n) is 18.5. The summed E-state index contributed by atoms with van der Waals surface area (Å²) in [4.78, 5) is 2.36. The number of likely N-dealkylation sites (tertiary alicyclic amines) is 1. The maximum absolute atomic E-state index is 6.69. The Labute approximate surface area is 257 Å². The Kier molecular flexibility index (Phi) is 22.1. The van der Waals surface area contributed by atoms with Gasteiger partial charge in [0, 0.05) is 25.9 Å². The molecule has 3 heteroatoms. The van der Waals surface area contributed by atoms with Crippen LogP contribution in [0.2, 0.25) is 0 Å². The number of ether oxygens (including phenoxy) is 2. The lowest BCUT2D eigenvalue weighted by Gasteiger charge is -2.30. The van der Waals surface area contributed by atoms with Crippen LogP contribution in [0.5, 0.6) is 0 Å². The van der Waals surface area contributed by atoms with E-state index >= 15 is 0 Å². The number of hydrogen-bond donors (Lipinski definition) is 0. The molecule has 0 saturated carbocycles. The minimum absolute atomic E-state index is 0.291. The van der Waals surface area contributed by atoms with Crippen LogP contribution in [-0.2, 0) is 9.47 Å². The van der Waals surface area contributed by atoms with Crippen LogP contribution >= 0.6 is 0 Å². The third kappa shape index (κ3) is 17.9. The quantitative estimate of drug-likeness (QED) is 0.0686. The van der Waals surface area contributed by atoms with E-state index < -0.39 is 0 Å². The smallest absolute Gasteiger partial charge is 0.169 e. The number of rotatable bonds is 28. The topological polar surface area (TPSA) is 21.7 Å². The monoisotopic (exact) mass is 574 g/mol. The highest BCUT2D eigenvalue weighted by atomic mass is 16.8. The molecule has 0 aliphatic carbocycles. The fraction of sp³-hybridized carbons (Fsp3) is 0.895. The largest absolute Gasteiger partial charge is 0.343 e. The maximum atomic E-state index is 6.69. The highest BCUT2D eigenvalue weighted by Crippen LogP contribution is 2.40. The molecule has 0 aromatic carbocycles. The van der Waals surface area contributed by atoms with Crippen molar-refractivity contribution in [3.63, 3.8) is 0 Å². The molecule has 0 amide bonds. The molecule has 2 atom stereocenters. The third-order valence-electron chi connectivity index (χ3n) is 9.27. The summed E-state index contributed by atoms with van der Waals surface area (Å²) < 4.78 is 13.4. The van der Waals surface area contributed by atoms with E-state index in [1.807, 2.05) is 0 Å². The van der Waals surface area contributed by atoms with Gasteiger partial charge in [0.05, 0.1) is 0 Å². The van der Waals surface area contributed by atoms with Gasteiger partial charge in [-0.1, -0.05) is 128 Å². The molecule has 0 aromatic heterocycles. The Morgan fingerprint density at radius 3 is 1.17 bits per heavy atom. The second-order valence-corrected chi connectivity index (χ2v) is 13.4. The molecule has 0 unspecified atom stereocenters. The summed E-state index contributed by atoms with van der Waals surface area (Å²) in [6.07, 6.45) is 44.6. The summed E-state index contributed by atoms with van der Waals surface area (Å²) in [6.45, 7) is 6.64. The molecular formula is C38H71NO2. The Morgan fingerprint density at radius 1 is 0.488 bits per heavy atom. The normalized spacial score (nSPS) is 20.7. The molecule has 2 rings (SSSR count). The van der Waals surface area contributed by atoms with Crippen LogP contribution in [0.25, 0.3) is 0 Å².